The molecule has 0 bridgehead atoms. The summed E-state index contributed by atoms with van der Waals surface area (Å²) in [5.74, 6) is 0.288. The number of benzene rings is 2. The van der Waals surface area contributed by atoms with Crippen molar-refractivity contribution in [2.75, 3.05) is 47.3 Å². The van der Waals surface area contributed by atoms with Crippen LogP contribution in [0.3, 0.4) is 0 Å². The van der Waals surface area contributed by atoms with E-state index >= 15 is 0 Å². The van der Waals surface area contributed by atoms with Crippen molar-refractivity contribution in [3.63, 3.8) is 0 Å². The first-order valence-electron chi connectivity index (χ1n) is 15.2. The van der Waals surface area contributed by atoms with Gasteiger partial charge in [0.25, 0.3) is 5.91 Å². The maximum atomic E-state index is 13.7. The third-order valence-electron chi connectivity index (χ3n) is 9.32. The summed E-state index contributed by atoms with van der Waals surface area (Å²) in [5.41, 5.74) is 2.31. The molecular weight excluding hydrogens is 569 g/mol. The van der Waals surface area contributed by atoms with Gasteiger partial charge in [0.1, 0.15) is 5.54 Å². The van der Waals surface area contributed by atoms with Gasteiger partial charge in [0.05, 0.1) is 10.0 Å². The average Bonchev–Trinajstić information content (AvgIpc) is 3.48. The van der Waals surface area contributed by atoms with Gasteiger partial charge in [0.15, 0.2) is 0 Å². The molecule has 226 valence electrons. The van der Waals surface area contributed by atoms with E-state index in [2.05, 4.69) is 15.2 Å². The average molecular weight is 613 g/mol. The highest BCUT2D eigenvalue weighted by atomic mass is 35.5. The number of likely N-dealkylation sites (N-methyl/N-ethyl adjacent to an activating group) is 2. The number of nitrogens with one attached hydrogen (secondary N) is 2. The van der Waals surface area contributed by atoms with Crippen molar-refractivity contribution in [1.29, 1.82) is 0 Å². The molecule has 9 heteroatoms. The summed E-state index contributed by atoms with van der Waals surface area (Å²) in [6, 6.07) is 13.9. The summed E-state index contributed by atoms with van der Waals surface area (Å²) in [4.78, 5) is 36.6. The van der Waals surface area contributed by atoms with Crippen molar-refractivity contribution in [2.24, 2.45) is 0 Å². The smallest absolute Gasteiger partial charge is 0.253 e. The number of rotatable bonds is 9. The standard InChI is InChI=1S/C33H43Cl2N5O2/c1-38(2)32(42)33(14-17-36-18-15-33)40-19-5-4-6-27(40)10-7-26(23-8-11-28(34)29(35)21-23)22-39(3)31(41)25-9-12-30-24(20-25)13-16-37-30/h8-9,11-13,16,20-21,26-27,36-37H,4-7,10,14-15,17-19,22H2,1-3H3. The summed E-state index contributed by atoms with van der Waals surface area (Å²) >= 11 is 12.8. The minimum atomic E-state index is -0.456. The van der Waals surface area contributed by atoms with Crippen LogP contribution in [0.2, 0.25) is 10.0 Å². The van der Waals surface area contributed by atoms with Crippen molar-refractivity contribution < 1.29 is 9.59 Å². The van der Waals surface area contributed by atoms with E-state index in [0.29, 0.717) is 28.2 Å². The molecule has 2 fully saturated rings. The van der Waals surface area contributed by atoms with Crippen LogP contribution >= 0.6 is 23.2 Å². The van der Waals surface area contributed by atoms with E-state index in [1.54, 1.807) is 4.90 Å². The van der Waals surface area contributed by atoms with Gasteiger partial charge in [0.2, 0.25) is 5.91 Å². The molecule has 2 unspecified atom stereocenters. The third-order valence-corrected chi connectivity index (χ3v) is 10.1. The summed E-state index contributed by atoms with van der Waals surface area (Å²) in [6.07, 6.45) is 8.73. The number of amides is 2. The Kier molecular flexibility index (Phi) is 9.83. The predicted molar refractivity (Wildman–Crippen MR) is 172 cm³/mol. The first-order chi connectivity index (χ1) is 20.2. The Labute approximate surface area is 259 Å². The van der Waals surface area contributed by atoms with E-state index in [4.69, 9.17) is 23.2 Å². The number of halogens is 2. The van der Waals surface area contributed by atoms with Crippen LogP contribution in [0.1, 0.15) is 66.8 Å². The van der Waals surface area contributed by atoms with Crippen LogP contribution in [-0.2, 0) is 4.79 Å². The number of H-pyrrole nitrogens is 1. The van der Waals surface area contributed by atoms with Crippen molar-refractivity contribution in [2.45, 2.75) is 62.4 Å². The quantitative estimate of drug-likeness (QED) is 0.303. The Morgan fingerprint density at radius 1 is 1.02 bits per heavy atom. The largest absolute Gasteiger partial charge is 0.361 e. The minimum Gasteiger partial charge on any atom is -0.361 e. The summed E-state index contributed by atoms with van der Waals surface area (Å²) in [6.45, 7) is 3.22. The molecule has 42 heavy (non-hydrogen) atoms. The molecule has 2 aliphatic heterocycles. The maximum absolute atomic E-state index is 13.7. The Hall–Kier alpha value is -2.58. The normalized spacial score (nSPS) is 19.9. The zero-order chi connectivity index (χ0) is 29.9. The van der Waals surface area contributed by atoms with Gasteiger partial charge in [-0.25, -0.2) is 0 Å². The number of hydrogen-bond donors (Lipinski definition) is 2. The number of hydrogen-bond acceptors (Lipinski definition) is 4. The summed E-state index contributed by atoms with van der Waals surface area (Å²) in [7, 11) is 5.64. The first kappa shape index (κ1) is 30.9. The monoisotopic (exact) mass is 611 g/mol. The van der Waals surface area contributed by atoms with Gasteiger partial charge in [-0.2, -0.15) is 0 Å². The van der Waals surface area contributed by atoms with E-state index in [0.717, 1.165) is 74.6 Å². The van der Waals surface area contributed by atoms with Gasteiger partial charge in [-0.05, 0) is 100 Å². The molecule has 0 spiro atoms. The molecule has 2 N–H and O–H groups in total. The lowest BCUT2D eigenvalue weighted by atomic mass is 9.80. The van der Waals surface area contributed by atoms with Crippen LogP contribution in [0.5, 0.6) is 0 Å². The second-order valence-electron chi connectivity index (χ2n) is 12.2. The predicted octanol–water partition coefficient (Wildman–Crippen LogP) is 6.18. The van der Waals surface area contributed by atoms with Crippen LogP contribution in [0.15, 0.2) is 48.7 Å². The number of nitrogens with zero attached hydrogens (tertiary/aromatic N) is 3. The molecule has 5 rings (SSSR count). The third kappa shape index (κ3) is 6.49. The summed E-state index contributed by atoms with van der Waals surface area (Å²) < 4.78 is 0. The zero-order valence-corrected chi connectivity index (χ0v) is 26.5. The number of carbonyl (C=O) groups is 2. The van der Waals surface area contributed by atoms with Crippen molar-refractivity contribution >= 4 is 45.9 Å². The molecule has 0 radical (unpaired) electrons. The second kappa shape index (κ2) is 13.4. The van der Waals surface area contributed by atoms with E-state index in [1.807, 2.05) is 74.7 Å². The molecule has 3 heterocycles. The molecular formula is C33H43Cl2N5O2. The van der Waals surface area contributed by atoms with Gasteiger partial charge in [-0.1, -0.05) is 35.7 Å². The Morgan fingerprint density at radius 3 is 2.55 bits per heavy atom. The Balaban J connectivity index is 1.37. The Bertz CT molecular complexity index is 1400. The van der Waals surface area contributed by atoms with E-state index in [1.165, 1.54) is 6.42 Å². The molecule has 0 aliphatic carbocycles. The molecule has 3 aromatic rings. The fraction of sp³-hybridized carbons (Fsp3) is 0.515. The topological polar surface area (TPSA) is 71.7 Å². The van der Waals surface area contributed by atoms with Crippen LogP contribution in [0.4, 0.5) is 0 Å². The lowest BCUT2D eigenvalue weighted by Crippen LogP contribution is -2.66. The molecule has 2 aliphatic rings. The molecule has 2 saturated heterocycles. The number of piperidine rings is 2. The van der Waals surface area contributed by atoms with Crippen LogP contribution < -0.4 is 5.32 Å². The lowest BCUT2D eigenvalue weighted by Gasteiger charge is -2.51. The van der Waals surface area contributed by atoms with E-state index in [9.17, 15) is 9.59 Å². The molecule has 0 saturated carbocycles. The second-order valence-corrected chi connectivity index (χ2v) is 13.1. The van der Waals surface area contributed by atoms with Crippen molar-refractivity contribution in [3.8, 4) is 0 Å². The zero-order valence-electron chi connectivity index (χ0n) is 25.0. The molecule has 2 amide bonds. The molecule has 1 aromatic heterocycles. The van der Waals surface area contributed by atoms with Crippen LogP contribution in [0, 0.1) is 0 Å². The van der Waals surface area contributed by atoms with Crippen LogP contribution in [-0.4, -0.2) is 90.4 Å². The first-order valence-corrected chi connectivity index (χ1v) is 15.9. The highest BCUT2D eigenvalue weighted by molar-refractivity contribution is 6.42. The fourth-order valence-corrected chi connectivity index (χ4v) is 7.39. The number of carbonyl (C=O) groups excluding carboxylic acids is 2. The van der Waals surface area contributed by atoms with Crippen molar-refractivity contribution in [3.05, 3.63) is 69.8 Å². The highest BCUT2D eigenvalue weighted by Gasteiger charge is 2.48. The lowest BCUT2D eigenvalue weighted by molar-refractivity contribution is -0.148. The number of fused-ring (bicyclic) bond motifs is 1. The van der Waals surface area contributed by atoms with Gasteiger partial charge in [0, 0.05) is 62.3 Å². The number of likely N-dealkylation sites (tertiary alicyclic amines) is 1. The van der Waals surface area contributed by atoms with Crippen molar-refractivity contribution in [1.82, 2.24) is 25.0 Å². The fourth-order valence-electron chi connectivity index (χ4n) is 7.09. The molecule has 2 atom stereocenters. The number of aromatic amines is 1. The Morgan fingerprint density at radius 2 is 1.81 bits per heavy atom. The highest BCUT2D eigenvalue weighted by Crippen LogP contribution is 2.38. The van der Waals surface area contributed by atoms with Gasteiger partial charge >= 0.3 is 0 Å². The number of aromatic nitrogens is 1. The van der Waals surface area contributed by atoms with Gasteiger partial charge in [-0.3, -0.25) is 14.5 Å². The maximum Gasteiger partial charge on any atom is 0.253 e. The van der Waals surface area contributed by atoms with Gasteiger partial charge in [-0.15, -0.1) is 0 Å². The molecule has 2 aromatic carbocycles. The van der Waals surface area contributed by atoms with Gasteiger partial charge < -0.3 is 20.1 Å². The van der Waals surface area contributed by atoms with E-state index in [-0.39, 0.29) is 17.7 Å². The molecule has 7 nitrogen and oxygen atoms in total. The summed E-state index contributed by atoms with van der Waals surface area (Å²) in [5, 5.41) is 5.53. The van der Waals surface area contributed by atoms with Crippen LogP contribution in [0.25, 0.3) is 10.9 Å². The van der Waals surface area contributed by atoms with E-state index < -0.39 is 5.54 Å². The minimum absolute atomic E-state index is 0.00677. The SMILES string of the molecule is CN(C)C(=O)C1(N2CCCCC2CCC(CN(C)C(=O)c2ccc3[nH]ccc3c2)c2ccc(Cl)c(Cl)c2)CCNCC1.